The van der Waals surface area contributed by atoms with Crippen LogP contribution in [0.1, 0.15) is 28.7 Å². The summed E-state index contributed by atoms with van der Waals surface area (Å²) < 4.78 is 1.68. The Labute approximate surface area is 128 Å². The van der Waals surface area contributed by atoms with Crippen molar-refractivity contribution in [1.82, 2.24) is 14.7 Å². The molecule has 0 radical (unpaired) electrons. The summed E-state index contributed by atoms with van der Waals surface area (Å²) in [5.74, 6) is -1.00. The molecule has 1 aliphatic rings. The molecule has 0 spiro atoms. The van der Waals surface area contributed by atoms with Crippen LogP contribution in [0.3, 0.4) is 0 Å². The Hall–Kier alpha value is -2.63. The lowest BCUT2D eigenvalue weighted by Gasteiger charge is -2.34. The van der Waals surface area contributed by atoms with Crippen LogP contribution in [0.15, 0.2) is 36.4 Å². The summed E-state index contributed by atoms with van der Waals surface area (Å²) in [4.78, 5) is 25.3. The van der Waals surface area contributed by atoms with Crippen LogP contribution in [0, 0.1) is 0 Å². The number of fused-ring (bicyclic) bond motifs is 1. The van der Waals surface area contributed by atoms with Crippen LogP contribution < -0.4 is 0 Å². The smallest absolute Gasteiger partial charge is 0.356 e. The van der Waals surface area contributed by atoms with Gasteiger partial charge < -0.3 is 10.0 Å². The molecule has 2 heterocycles. The van der Waals surface area contributed by atoms with E-state index >= 15 is 0 Å². The molecule has 6 heteroatoms. The molecular formula is C16H17N3O3. The molecule has 1 atom stereocenters. The Bertz CT molecular complexity index is 709. The average molecular weight is 299 g/mol. The number of aromatic nitrogens is 2. The van der Waals surface area contributed by atoms with E-state index in [1.54, 1.807) is 9.58 Å². The van der Waals surface area contributed by atoms with Crippen LogP contribution in [-0.2, 0) is 24.3 Å². The molecule has 3 rings (SSSR count). The average Bonchev–Trinajstić information content (AvgIpc) is 2.90. The van der Waals surface area contributed by atoms with Crippen LogP contribution in [-0.4, -0.2) is 37.7 Å². The topological polar surface area (TPSA) is 75.4 Å². The first-order valence-corrected chi connectivity index (χ1v) is 7.18. The minimum absolute atomic E-state index is 0.00902. The van der Waals surface area contributed by atoms with Crippen LogP contribution in [0.2, 0.25) is 0 Å². The third kappa shape index (κ3) is 2.72. The Morgan fingerprint density at radius 2 is 2.05 bits per heavy atom. The molecule has 114 valence electrons. The van der Waals surface area contributed by atoms with Gasteiger partial charge in [0.05, 0.1) is 25.2 Å². The largest absolute Gasteiger partial charge is 0.476 e. The van der Waals surface area contributed by atoms with Crippen molar-refractivity contribution in [1.29, 1.82) is 0 Å². The zero-order chi connectivity index (χ0) is 15.7. The van der Waals surface area contributed by atoms with E-state index in [9.17, 15) is 9.59 Å². The predicted octanol–water partition coefficient (Wildman–Crippen LogP) is 1.55. The minimum Gasteiger partial charge on any atom is -0.476 e. The second-order valence-electron chi connectivity index (χ2n) is 5.54. The molecule has 1 aromatic carbocycles. The van der Waals surface area contributed by atoms with Crippen LogP contribution in [0.5, 0.6) is 0 Å². The van der Waals surface area contributed by atoms with Gasteiger partial charge in [0, 0.05) is 6.04 Å². The van der Waals surface area contributed by atoms with Gasteiger partial charge in [-0.3, -0.25) is 9.48 Å². The highest BCUT2D eigenvalue weighted by Crippen LogP contribution is 2.19. The molecule has 6 nitrogen and oxygen atoms in total. The van der Waals surface area contributed by atoms with Gasteiger partial charge >= 0.3 is 5.97 Å². The number of carboxylic acid groups (broad SMARTS) is 1. The summed E-state index contributed by atoms with van der Waals surface area (Å²) >= 11 is 0. The van der Waals surface area contributed by atoms with E-state index in [1.807, 2.05) is 37.3 Å². The van der Waals surface area contributed by atoms with Gasteiger partial charge in [0.1, 0.15) is 0 Å². The van der Waals surface area contributed by atoms with E-state index in [0.717, 1.165) is 11.3 Å². The number of carbonyl (C=O) groups is 2. The van der Waals surface area contributed by atoms with Gasteiger partial charge in [-0.2, -0.15) is 5.10 Å². The van der Waals surface area contributed by atoms with Gasteiger partial charge in [0.15, 0.2) is 5.69 Å². The summed E-state index contributed by atoms with van der Waals surface area (Å²) in [6, 6.07) is 11.1. The fraction of sp³-hybridized carbons (Fsp3) is 0.312. The van der Waals surface area contributed by atoms with Crippen molar-refractivity contribution in [3.05, 3.63) is 53.3 Å². The van der Waals surface area contributed by atoms with Gasteiger partial charge in [0.2, 0.25) is 5.91 Å². The molecule has 1 amide bonds. The lowest BCUT2D eigenvalue weighted by Crippen LogP contribution is -2.45. The maximum atomic E-state index is 12.5. The zero-order valence-electron chi connectivity index (χ0n) is 12.3. The van der Waals surface area contributed by atoms with Crippen molar-refractivity contribution >= 4 is 11.9 Å². The lowest BCUT2D eigenvalue weighted by atomic mass is 10.1. The van der Waals surface area contributed by atoms with E-state index in [0.29, 0.717) is 19.5 Å². The second kappa shape index (κ2) is 5.63. The van der Waals surface area contributed by atoms with Gasteiger partial charge in [-0.15, -0.1) is 0 Å². The van der Waals surface area contributed by atoms with Crippen molar-refractivity contribution in [3.8, 4) is 0 Å². The first kappa shape index (κ1) is 14.3. The first-order chi connectivity index (χ1) is 10.5. The number of benzene rings is 1. The predicted molar refractivity (Wildman–Crippen MR) is 79.3 cm³/mol. The molecule has 0 fully saturated rings. The van der Waals surface area contributed by atoms with Crippen LogP contribution >= 0.6 is 0 Å². The third-order valence-electron chi connectivity index (χ3n) is 3.90. The van der Waals surface area contributed by atoms with Crippen molar-refractivity contribution < 1.29 is 14.7 Å². The maximum Gasteiger partial charge on any atom is 0.356 e. The Kier molecular flexibility index (Phi) is 3.66. The number of aromatic carboxylic acids is 1. The Morgan fingerprint density at radius 1 is 1.32 bits per heavy atom. The third-order valence-corrected chi connectivity index (χ3v) is 3.90. The molecule has 1 aromatic heterocycles. The SMILES string of the molecule is CC1Cn2nc(C(=O)O)cc2CN1C(=O)Cc1ccccc1. The number of carbonyl (C=O) groups excluding carboxylic acids is 1. The fourth-order valence-electron chi connectivity index (χ4n) is 2.73. The molecule has 1 N–H and O–H groups in total. The lowest BCUT2D eigenvalue weighted by molar-refractivity contribution is -0.134. The fourth-order valence-corrected chi connectivity index (χ4v) is 2.73. The van der Waals surface area contributed by atoms with Crippen LogP contribution in [0.4, 0.5) is 0 Å². The van der Waals surface area contributed by atoms with E-state index in [1.165, 1.54) is 6.07 Å². The van der Waals surface area contributed by atoms with E-state index < -0.39 is 5.97 Å². The molecule has 0 saturated carbocycles. The van der Waals surface area contributed by atoms with Crippen molar-refractivity contribution in [2.45, 2.75) is 32.5 Å². The summed E-state index contributed by atoms with van der Waals surface area (Å²) in [6.45, 7) is 2.87. The normalized spacial score (nSPS) is 17.1. The molecule has 22 heavy (non-hydrogen) atoms. The highest BCUT2D eigenvalue weighted by Gasteiger charge is 2.28. The molecular weight excluding hydrogens is 282 g/mol. The highest BCUT2D eigenvalue weighted by atomic mass is 16.4. The van der Waals surface area contributed by atoms with E-state index in [4.69, 9.17) is 5.11 Å². The Balaban J connectivity index is 1.77. The summed E-state index contributed by atoms with van der Waals surface area (Å²) in [5, 5.41) is 13.1. The van der Waals surface area contributed by atoms with E-state index in [-0.39, 0.29) is 17.6 Å². The molecule has 1 aliphatic heterocycles. The molecule has 2 aromatic rings. The Morgan fingerprint density at radius 3 is 2.73 bits per heavy atom. The number of hydrogen-bond acceptors (Lipinski definition) is 3. The standard InChI is InChI=1S/C16H17N3O3/c1-11-9-19-13(8-14(17-19)16(21)22)10-18(11)15(20)7-12-5-3-2-4-6-12/h2-6,8,11H,7,9-10H2,1H3,(H,21,22). The van der Waals surface area contributed by atoms with E-state index in [2.05, 4.69) is 5.10 Å². The number of hydrogen-bond donors (Lipinski definition) is 1. The van der Waals surface area contributed by atoms with Gasteiger partial charge in [-0.1, -0.05) is 30.3 Å². The highest BCUT2D eigenvalue weighted by molar-refractivity contribution is 5.85. The quantitative estimate of drug-likeness (QED) is 0.933. The van der Waals surface area contributed by atoms with Crippen molar-refractivity contribution in [2.75, 3.05) is 0 Å². The number of amides is 1. The van der Waals surface area contributed by atoms with Crippen molar-refractivity contribution in [3.63, 3.8) is 0 Å². The van der Waals surface area contributed by atoms with Crippen molar-refractivity contribution in [2.24, 2.45) is 0 Å². The van der Waals surface area contributed by atoms with Gasteiger partial charge in [0.25, 0.3) is 0 Å². The number of nitrogens with zero attached hydrogens (tertiary/aromatic N) is 3. The first-order valence-electron chi connectivity index (χ1n) is 7.18. The minimum atomic E-state index is -1.04. The molecule has 0 saturated heterocycles. The molecule has 0 bridgehead atoms. The maximum absolute atomic E-state index is 12.5. The summed E-state index contributed by atoms with van der Waals surface area (Å²) in [5.41, 5.74) is 1.77. The summed E-state index contributed by atoms with van der Waals surface area (Å²) in [7, 11) is 0. The zero-order valence-corrected chi connectivity index (χ0v) is 12.3. The van der Waals surface area contributed by atoms with Crippen LogP contribution in [0.25, 0.3) is 0 Å². The van der Waals surface area contributed by atoms with Gasteiger partial charge in [-0.05, 0) is 18.6 Å². The second-order valence-corrected chi connectivity index (χ2v) is 5.54. The van der Waals surface area contributed by atoms with Gasteiger partial charge in [-0.25, -0.2) is 4.79 Å². The monoisotopic (exact) mass is 299 g/mol. The molecule has 1 unspecified atom stereocenters. The summed E-state index contributed by atoms with van der Waals surface area (Å²) in [6.07, 6.45) is 0.352. The number of rotatable bonds is 3. The number of carboxylic acids is 1. The molecule has 0 aliphatic carbocycles.